The number of rotatable bonds is 6. The number of pyridine rings is 1. The zero-order valence-electron chi connectivity index (χ0n) is 19.6. The first-order valence-corrected chi connectivity index (χ1v) is 11.8. The van der Waals surface area contributed by atoms with Gasteiger partial charge in [0.05, 0.1) is 11.7 Å². The number of alkyl halides is 1. The molecule has 1 saturated carbocycles. The van der Waals surface area contributed by atoms with Crippen molar-refractivity contribution in [1.29, 1.82) is 0 Å². The van der Waals surface area contributed by atoms with Crippen LogP contribution in [0.5, 0.6) is 5.75 Å². The number of phenols is 1. The number of halogens is 1. The van der Waals surface area contributed by atoms with Gasteiger partial charge in [-0.15, -0.1) is 0 Å². The normalized spacial score (nSPS) is 20.9. The Hall–Kier alpha value is -3.53. The second kappa shape index (κ2) is 8.92. The second-order valence-corrected chi connectivity index (χ2v) is 9.51. The zero-order chi connectivity index (χ0) is 24.9. The monoisotopic (exact) mass is 481 g/mol. The first-order chi connectivity index (χ1) is 16.8. The molecule has 2 amide bonds. The van der Waals surface area contributed by atoms with E-state index in [1.165, 1.54) is 12.1 Å². The number of phenolic OH excluding ortho intramolecular Hbond substituents is 1. The van der Waals surface area contributed by atoms with Crippen LogP contribution < -0.4 is 11.1 Å². The van der Waals surface area contributed by atoms with Crippen LogP contribution in [0.1, 0.15) is 61.1 Å². The average molecular weight is 482 g/mol. The molecule has 0 radical (unpaired) electrons. The lowest BCUT2D eigenvalue weighted by molar-refractivity contribution is -0.122. The molecule has 0 spiro atoms. The summed E-state index contributed by atoms with van der Waals surface area (Å²) in [5.74, 6) is 0.153. The Kier molecular flexibility index (Phi) is 5.92. The van der Waals surface area contributed by atoms with Gasteiger partial charge in [0, 0.05) is 35.5 Å². The Morgan fingerprint density at radius 1 is 1.29 bits per heavy atom. The maximum absolute atomic E-state index is 13.5. The van der Waals surface area contributed by atoms with E-state index in [4.69, 9.17) is 10.2 Å². The Morgan fingerprint density at radius 2 is 2.06 bits per heavy atom. The molecule has 0 bridgehead atoms. The quantitative estimate of drug-likeness (QED) is 0.492. The van der Waals surface area contributed by atoms with E-state index in [9.17, 15) is 19.1 Å². The predicted octanol–water partition coefficient (Wildman–Crippen LogP) is 3.21. The third kappa shape index (κ3) is 4.34. The molecule has 4 N–H and O–H groups in total. The minimum absolute atomic E-state index is 0.0558. The number of likely N-dealkylation sites (tertiary alicyclic amines) is 1. The largest absolute Gasteiger partial charge is 0.506 e. The summed E-state index contributed by atoms with van der Waals surface area (Å²) in [6.45, 7) is 3.27. The zero-order valence-corrected chi connectivity index (χ0v) is 19.6. The van der Waals surface area contributed by atoms with Gasteiger partial charge in [0.25, 0.3) is 5.91 Å². The number of nitrogens with zero attached hydrogens (tertiary/aromatic N) is 3. The Morgan fingerprint density at radius 3 is 2.74 bits per heavy atom. The fourth-order valence-corrected chi connectivity index (χ4v) is 4.63. The molecule has 3 atom stereocenters. The molecule has 184 valence electrons. The van der Waals surface area contributed by atoms with Crippen LogP contribution in [-0.4, -0.2) is 50.4 Å². The SMILES string of the molecule is C[C@H](N)c1oc(-c2ccc(O)c3nc(CF)ccc23)nc1C(=O)N1C[C@H](NC(=O)C2CC2)C[C@H]1C. The highest BCUT2D eigenvalue weighted by Crippen LogP contribution is 2.35. The summed E-state index contributed by atoms with van der Waals surface area (Å²) in [6, 6.07) is 5.41. The molecular formula is C25H28FN5O4. The van der Waals surface area contributed by atoms with E-state index in [1.807, 2.05) is 6.92 Å². The van der Waals surface area contributed by atoms with Crippen LogP contribution in [0.15, 0.2) is 28.7 Å². The number of hydrogen-bond donors (Lipinski definition) is 3. The van der Waals surface area contributed by atoms with E-state index < -0.39 is 12.7 Å². The molecule has 3 heterocycles. The molecule has 2 aliphatic rings. The highest BCUT2D eigenvalue weighted by Gasteiger charge is 2.39. The minimum atomic E-state index is -0.762. The lowest BCUT2D eigenvalue weighted by Crippen LogP contribution is -2.40. The lowest BCUT2D eigenvalue weighted by Gasteiger charge is -2.21. The second-order valence-electron chi connectivity index (χ2n) is 9.51. The van der Waals surface area contributed by atoms with Gasteiger partial charge < -0.3 is 25.5 Å². The van der Waals surface area contributed by atoms with Crippen LogP contribution >= 0.6 is 0 Å². The van der Waals surface area contributed by atoms with Crippen LogP contribution in [0, 0.1) is 5.92 Å². The van der Waals surface area contributed by atoms with Gasteiger partial charge in [-0.25, -0.2) is 14.4 Å². The van der Waals surface area contributed by atoms with Crippen molar-refractivity contribution in [2.24, 2.45) is 11.7 Å². The number of aromatic nitrogens is 2. The van der Waals surface area contributed by atoms with Crippen molar-refractivity contribution in [3.63, 3.8) is 0 Å². The number of fused-ring (bicyclic) bond motifs is 1. The standard InChI is InChI=1S/C25H28FN5O4/c1-12-9-16(29-23(33)14-3-4-14)11-31(12)25(34)21-22(13(2)27)35-24(30-21)18-7-8-19(32)20-17(18)6-5-15(10-26)28-20/h5-8,12-14,16,32H,3-4,9-11,27H2,1-2H3,(H,29,33)/t12-,13+,16-/m1/s1. The summed E-state index contributed by atoms with van der Waals surface area (Å²) in [5.41, 5.74) is 7.15. The van der Waals surface area contributed by atoms with Gasteiger partial charge >= 0.3 is 0 Å². The molecule has 1 aliphatic heterocycles. The number of carbonyl (C=O) groups excluding carboxylic acids is 2. The van der Waals surface area contributed by atoms with E-state index in [0.29, 0.717) is 23.9 Å². The molecule has 35 heavy (non-hydrogen) atoms. The van der Waals surface area contributed by atoms with Crippen molar-refractivity contribution in [2.75, 3.05) is 6.54 Å². The van der Waals surface area contributed by atoms with Gasteiger partial charge in [0.1, 0.15) is 17.9 Å². The first kappa shape index (κ1) is 23.2. The molecule has 1 aromatic carbocycles. The van der Waals surface area contributed by atoms with Crippen LogP contribution in [0.2, 0.25) is 0 Å². The highest BCUT2D eigenvalue weighted by atomic mass is 19.1. The Bertz CT molecular complexity index is 1300. The predicted molar refractivity (Wildman–Crippen MR) is 126 cm³/mol. The number of hydrogen-bond acceptors (Lipinski definition) is 7. The fraction of sp³-hybridized carbons (Fsp3) is 0.440. The molecule has 3 aromatic rings. The van der Waals surface area contributed by atoms with Crippen LogP contribution in [0.4, 0.5) is 4.39 Å². The van der Waals surface area contributed by atoms with Crippen LogP contribution in [0.25, 0.3) is 22.4 Å². The van der Waals surface area contributed by atoms with Gasteiger partial charge in [0.15, 0.2) is 11.5 Å². The third-order valence-electron chi connectivity index (χ3n) is 6.66. The van der Waals surface area contributed by atoms with Crippen molar-refractivity contribution in [3.05, 3.63) is 41.4 Å². The summed E-state index contributed by atoms with van der Waals surface area (Å²) >= 11 is 0. The topological polar surface area (TPSA) is 135 Å². The van der Waals surface area contributed by atoms with E-state index in [1.54, 1.807) is 24.0 Å². The molecule has 2 aromatic heterocycles. The highest BCUT2D eigenvalue weighted by molar-refractivity contribution is 5.98. The lowest BCUT2D eigenvalue weighted by atomic mass is 10.1. The molecule has 5 rings (SSSR count). The van der Waals surface area contributed by atoms with Gasteiger partial charge in [-0.05, 0) is 57.4 Å². The van der Waals surface area contributed by atoms with Crippen molar-refractivity contribution in [2.45, 2.75) is 57.9 Å². The molecule has 1 saturated heterocycles. The van der Waals surface area contributed by atoms with Crippen molar-refractivity contribution in [3.8, 4) is 17.2 Å². The Balaban J connectivity index is 1.47. The number of nitrogens with two attached hydrogens (primary N) is 1. The molecule has 10 heteroatoms. The van der Waals surface area contributed by atoms with Crippen LogP contribution in [-0.2, 0) is 11.5 Å². The van der Waals surface area contributed by atoms with E-state index in [0.717, 1.165) is 12.8 Å². The summed E-state index contributed by atoms with van der Waals surface area (Å²) in [6.07, 6.45) is 2.51. The smallest absolute Gasteiger partial charge is 0.276 e. The number of benzene rings is 1. The van der Waals surface area contributed by atoms with Crippen molar-refractivity contribution in [1.82, 2.24) is 20.2 Å². The van der Waals surface area contributed by atoms with Crippen molar-refractivity contribution < 1.29 is 23.5 Å². The van der Waals surface area contributed by atoms with E-state index >= 15 is 0 Å². The molecule has 0 unspecified atom stereocenters. The summed E-state index contributed by atoms with van der Waals surface area (Å²) in [5, 5.41) is 13.8. The van der Waals surface area contributed by atoms with Gasteiger partial charge in [-0.2, -0.15) is 0 Å². The number of aromatic hydroxyl groups is 1. The first-order valence-electron chi connectivity index (χ1n) is 11.8. The van der Waals surface area contributed by atoms with Gasteiger partial charge in [0.2, 0.25) is 11.8 Å². The van der Waals surface area contributed by atoms with Crippen LogP contribution in [0.3, 0.4) is 0 Å². The van der Waals surface area contributed by atoms with Gasteiger partial charge in [-0.3, -0.25) is 9.59 Å². The maximum atomic E-state index is 13.5. The summed E-state index contributed by atoms with van der Waals surface area (Å²) < 4.78 is 19.1. The van der Waals surface area contributed by atoms with Crippen molar-refractivity contribution >= 4 is 22.7 Å². The molecule has 2 fully saturated rings. The third-order valence-corrected chi connectivity index (χ3v) is 6.66. The number of nitrogens with one attached hydrogen (secondary N) is 1. The Labute approximate surface area is 201 Å². The minimum Gasteiger partial charge on any atom is -0.506 e. The van der Waals surface area contributed by atoms with Gasteiger partial charge in [-0.1, -0.05) is 0 Å². The molecule has 1 aliphatic carbocycles. The number of carbonyl (C=O) groups is 2. The summed E-state index contributed by atoms with van der Waals surface area (Å²) in [4.78, 5) is 36.1. The molecular weight excluding hydrogens is 453 g/mol. The summed E-state index contributed by atoms with van der Waals surface area (Å²) in [7, 11) is 0. The number of oxazole rings is 1. The average Bonchev–Trinajstić information content (AvgIpc) is 3.50. The maximum Gasteiger partial charge on any atom is 0.276 e. The van der Waals surface area contributed by atoms with E-state index in [-0.39, 0.29) is 64.1 Å². The fourth-order valence-electron chi connectivity index (χ4n) is 4.63. The number of amides is 2. The van der Waals surface area contributed by atoms with E-state index in [2.05, 4.69) is 15.3 Å². The molecule has 9 nitrogen and oxygen atoms in total.